The average molecular weight is 358 g/mol. The van der Waals surface area contributed by atoms with Crippen LogP contribution in [0.1, 0.15) is 58.9 Å². The van der Waals surface area contributed by atoms with Gasteiger partial charge in [0.05, 0.1) is 5.69 Å². The van der Waals surface area contributed by atoms with E-state index in [2.05, 4.69) is 10.5 Å². The van der Waals surface area contributed by atoms with Gasteiger partial charge in [-0.1, -0.05) is 19.0 Å². The first-order valence-corrected chi connectivity index (χ1v) is 8.51. The lowest BCUT2D eigenvalue weighted by atomic mass is 10.1. The lowest BCUT2D eigenvalue weighted by molar-refractivity contribution is -0.116. The predicted molar refractivity (Wildman–Crippen MR) is 95.2 cm³/mol. The van der Waals surface area contributed by atoms with Gasteiger partial charge < -0.3 is 14.6 Å². The van der Waals surface area contributed by atoms with E-state index in [0.717, 1.165) is 6.42 Å². The van der Waals surface area contributed by atoms with Crippen LogP contribution in [0.5, 0.6) is 0 Å². The molecule has 2 aromatic rings. The summed E-state index contributed by atoms with van der Waals surface area (Å²) in [5.41, 5.74) is 1.79. The van der Waals surface area contributed by atoms with Crippen molar-refractivity contribution in [3.8, 4) is 0 Å². The molecular weight excluding hydrogens is 336 g/mol. The molecule has 0 bridgehead atoms. The minimum Gasteiger partial charge on any atom is -0.454 e. The summed E-state index contributed by atoms with van der Waals surface area (Å²) in [6.07, 6.45) is 1.73. The molecule has 0 radical (unpaired) electrons. The van der Waals surface area contributed by atoms with Gasteiger partial charge in [0.25, 0.3) is 0 Å². The minimum absolute atomic E-state index is 0.0728. The molecule has 7 nitrogen and oxygen atoms in total. The molecule has 0 unspecified atom stereocenters. The molecule has 1 aromatic carbocycles. The molecule has 0 aliphatic carbocycles. The van der Waals surface area contributed by atoms with Gasteiger partial charge >= 0.3 is 5.97 Å². The fraction of sp³-hybridized carbons (Fsp3) is 0.368. The number of aryl methyl sites for hydroxylation is 2. The van der Waals surface area contributed by atoms with Crippen molar-refractivity contribution >= 4 is 23.3 Å². The summed E-state index contributed by atoms with van der Waals surface area (Å²) < 4.78 is 10.1. The van der Waals surface area contributed by atoms with Crippen molar-refractivity contribution in [3.05, 3.63) is 46.8 Å². The second-order valence-corrected chi connectivity index (χ2v) is 5.79. The SMILES string of the molecule is CCCC(=O)Nc1ccc(C(=O)COC(=O)c2c(CC)noc2C)cc1. The lowest BCUT2D eigenvalue weighted by Crippen LogP contribution is -2.16. The molecule has 1 aromatic heterocycles. The highest BCUT2D eigenvalue weighted by Crippen LogP contribution is 2.16. The zero-order chi connectivity index (χ0) is 19.1. The number of ether oxygens (including phenoxy) is 1. The standard InChI is InChI=1S/C19H22N2O5/c1-4-6-17(23)20-14-9-7-13(8-10-14)16(22)11-25-19(24)18-12(3)26-21-15(18)5-2/h7-10H,4-6,11H2,1-3H3,(H,20,23). The topological polar surface area (TPSA) is 98.5 Å². The number of hydrogen-bond acceptors (Lipinski definition) is 6. The molecule has 2 rings (SSSR count). The van der Waals surface area contributed by atoms with E-state index in [1.807, 2.05) is 13.8 Å². The highest BCUT2D eigenvalue weighted by molar-refractivity contribution is 6.00. The van der Waals surface area contributed by atoms with Crippen molar-refractivity contribution in [2.45, 2.75) is 40.0 Å². The quantitative estimate of drug-likeness (QED) is 0.574. The molecule has 1 N–H and O–H groups in total. The Kier molecular flexibility index (Phi) is 6.66. The summed E-state index contributed by atoms with van der Waals surface area (Å²) in [6.45, 7) is 5.01. The zero-order valence-corrected chi connectivity index (χ0v) is 15.1. The third kappa shape index (κ3) is 4.78. The van der Waals surface area contributed by atoms with Gasteiger partial charge in [0.2, 0.25) is 5.91 Å². The number of benzene rings is 1. The van der Waals surface area contributed by atoms with E-state index in [-0.39, 0.29) is 23.9 Å². The van der Waals surface area contributed by atoms with E-state index in [1.165, 1.54) is 0 Å². The Hall–Kier alpha value is -2.96. The second-order valence-electron chi connectivity index (χ2n) is 5.79. The van der Waals surface area contributed by atoms with Crippen molar-refractivity contribution in [2.75, 3.05) is 11.9 Å². The number of esters is 1. The first-order valence-electron chi connectivity index (χ1n) is 8.51. The monoisotopic (exact) mass is 358 g/mol. The Balaban J connectivity index is 1.94. The Morgan fingerprint density at radius 2 is 1.85 bits per heavy atom. The Labute approximate surface area is 151 Å². The fourth-order valence-electron chi connectivity index (χ4n) is 2.40. The molecule has 0 saturated heterocycles. The molecule has 0 aliphatic rings. The maximum Gasteiger partial charge on any atom is 0.344 e. The summed E-state index contributed by atoms with van der Waals surface area (Å²) in [6, 6.07) is 6.45. The minimum atomic E-state index is -0.627. The van der Waals surface area contributed by atoms with E-state index in [1.54, 1.807) is 31.2 Å². The van der Waals surface area contributed by atoms with Gasteiger partial charge in [0, 0.05) is 17.7 Å². The maximum absolute atomic E-state index is 12.2. The molecule has 7 heteroatoms. The predicted octanol–water partition coefficient (Wildman–Crippen LogP) is 3.32. The van der Waals surface area contributed by atoms with Crippen LogP contribution < -0.4 is 5.32 Å². The van der Waals surface area contributed by atoms with E-state index in [9.17, 15) is 14.4 Å². The van der Waals surface area contributed by atoms with Crippen molar-refractivity contribution in [2.24, 2.45) is 0 Å². The molecule has 1 heterocycles. The van der Waals surface area contributed by atoms with Gasteiger partial charge in [-0.25, -0.2) is 4.79 Å². The summed E-state index contributed by atoms with van der Waals surface area (Å²) in [5, 5.41) is 6.54. The van der Waals surface area contributed by atoms with Crippen LogP contribution in [-0.4, -0.2) is 29.4 Å². The maximum atomic E-state index is 12.2. The molecule has 0 saturated carbocycles. The first-order chi connectivity index (χ1) is 12.5. The third-order valence-corrected chi connectivity index (χ3v) is 3.77. The molecule has 0 fully saturated rings. The van der Waals surface area contributed by atoms with Crippen molar-refractivity contribution in [1.29, 1.82) is 0 Å². The number of nitrogens with zero attached hydrogens (tertiary/aromatic N) is 1. The zero-order valence-electron chi connectivity index (χ0n) is 15.1. The van der Waals surface area contributed by atoms with Crippen molar-refractivity contribution in [3.63, 3.8) is 0 Å². The number of carbonyl (C=O) groups is 3. The number of amides is 1. The first kappa shape index (κ1) is 19.4. The Morgan fingerprint density at radius 3 is 2.46 bits per heavy atom. The van der Waals surface area contributed by atoms with Crippen LogP contribution in [0.2, 0.25) is 0 Å². The Bertz CT molecular complexity index is 793. The molecule has 0 spiro atoms. The van der Waals surface area contributed by atoms with Crippen LogP contribution in [-0.2, 0) is 16.0 Å². The second kappa shape index (κ2) is 8.94. The van der Waals surface area contributed by atoms with Gasteiger partial charge in [-0.3, -0.25) is 9.59 Å². The molecule has 0 atom stereocenters. The fourth-order valence-corrected chi connectivity index (χ4v) is 2.40. The van der Waals surface area contributed by atoms with Crippen LogP contribution in [0, 0.1) is 6.92 Å². The summed E-state index contributed by atoms with van der Waals surface area (Å²) in [5.74, 6) is -0.669. The molecular formula is C19H22N2O5. The summed E-state index contributed by atoms with van der Waals surface area (Å²) >= 11 is 0. The largest absolute Gasteiger partial charge is 0.454 e. The highest BCUT2D eigenvalue weighted by Gasteiger charge is 2.21. The van der Waals surface area contributed by atoms with Crippen molar-refractivity contribution in [1.82, 2.24) is 5.16 Å². The number of anilines is 1. The number of nitrogens with one attached hydrogen (secondary N) is 1. The van der Waals surface area contributed by atoms with E-state index in [0.29, 0.717) is 35.5 Å². The number of Topliss-reactive ketones (excluding diaryl/α,β-unsaturated/α-hetero) is 1. The van der Waals surface area contributed by atoms with Crippen LogP contribution in [0.4, 0.5) is 5.69 Å². The average Bonchev–Trinajstić information content (AvgIpc) is 3.01. The van der Waals surface area contributed by atoms with Crippen LogP contribution in [0.3, 0.4) is 0 Å². The van der Waals surface area contributed by atoms with E-state index >= 15 is 0 Å². The normalized spacial score (nSPS) is 10.4. The van der Waals surface area contributed by atoms with Crippen LogP contribution in [0.25, 0.3) is 0 Å². The van der Waals surface area contributed by atoms with Gasteiger partial charge in [-0.15, -0.1) is 0 Å². The van der Waals surface area contributed by atoms with Crippen LogP contribution in [0.15, 0.2) is 28.8 Å². The number of hydrogen-bond donors (Lipinski definition) is 1. The van der Waals surface area contributed by atoms with E-state index < -0.39 is 5.97 Å². The van der Waals surface area contributed by atoms with Gasteiger partial charge in [0.1, 0.15) is 11.3 Å². The summed E-state index contributed by atoms with van der Waals surface area (Å²) in [7, 11) is 0. The Morgan fingerprint density at radius 1 is 1.15 bits per heavy atom. The molecule has 1 amide bonds. The number of carbonyl (C=O) groups excluding carboxylic acids is 3. The number of rotatable bonds is 8. The third-order valence-electron chi connectivity index (χ3n) is 3.77. The summed E-state index contributed by atoms with van der Waals surface area (Å²) in [4.78, 5) is 35.9. The van der Waals surface area contributed by atoms with Gasteiger partial charge in [0.15, 0.2) is 12.4 Å². The van der Waals surface area contributed by atoms with Gasteiger partial charge in [-0.05, 0) is 44.0 Å². The molecule has 0 aliphatic heterocycles. The lowest BCUT2D eigenvalue weighted by Gasteiger charge is -2.07. The van der Waals surface area contributed by atoms with Crippen molar-refractivity contribution < 1.29 is 23.6 Å². The smallest absolute Gasteiger partial charge is 0.344 e. The highest BCUT2D eigenvalue weighted by atomic mass is 16.5. The van der Waals surface area contributed by atoms with Crippen LogP contribution >= 0.6 is 0 Å². The number of ketones is 1. The van der Waals surface area contributed by atoms with E-state index in [4.69, 9.17) is 9.26 Å². The number of aromatic nitrogens is 1. The molecule has 26 heavy (non-hydrogen) atoms. The molecule has 138 valence electrons. The van der Waals surface area contributed by atoms with Gasteiger partial charge in [-0.2, -0.15) is 0 Å².